The molecule has 6 heteroatoms. The van der Waals surface area contributed by atoms with Crippen molar-refractivity contribution >= 4 is 11.9 Å². The Balaban J connectivity index is 1.81. The van der Waals surface area contributed by atoms with Gasteiger partial charge < -0.3 is 14.6 Å². The molecule has 0 spiro atoms. The van der Waals surface area contributed by atoms with E-state index < -0.39 is 11.9 Å². The molecule has 6 nitrogen and oxygen atoms in total. The molecule has 0 aromatic carbocycles. The van der Waals surface area contributed by atoms with Gasteiger partial charge in [0.15, 0.2) is 0 Å². The Hall–Kier alpha value is -2.11. The van der Waals surface area contributed by atoms with E-state index >= 15 is 0 Å². The molecule has 1 aliphatic heterocycles. The highest BCUT2D eigenvalue weighted by atomic mass is 16.4. The summed E-state index contributed by atoms with van der Waals surface area (Å²) >= 11 is 0. The maximum Gasteiger partial charge on any atom is 0.309 e. The predicted molar refractivity (Wildman–Crippen MR) is 75.5 cm³/mol. The number of nitrogens with zero attached hydrogens (tertiary/aromatic N) is 3. The smallest absolute Gasteiger partial charge is 0.309 e. The van der Waals surface area contributed by atoms with Crippen LogP contribution in [0.2, 0.25) is 0 Å². The minimum absolute atomic E-state index is 0.0552. The molecule has 3 atom stereocenters. The normalized spacial score (nSPS) is 28.2. The summed E-state index contributed by atoms with van der Waals surface area (Å²) in [5.41, 5.74) is 0.875. The summed E-state index contributed by atoms with van der Waals surface area (Å²) in [6, 6.07) is 0. The Labute approximate surface area is 123 Å². The van der Waals surface area contributed by atoms with E-state index in [4.69, 9.17) is 0 Å². The monoisotopic (exact) mass is 289 g/mol. The lowest BCUT2D eigenvalue weighted by Gasteiger charge is -2.19. The minimum Gasteiger partial charge on any atom is -0.481 e. The summed E-state index contributed by atoms with van der Waals surface area (Å²) in [4.78, 5) is 29.8. The second kappa shape index (κ2) is 5.35. The van der Waals surface area contributed by atoms with Gasteiger partial charge in [0.2, 0.25) is 5.91 Å². The number of carboxylic acid groups (broad SMARTS) is 1. The maximum atomic E-state index is 12.5. The third kappa shape index (κ3) is 2.46. The number of amides is 1. The Bertz CT molecular complexity index is 593. The number of hydrogen-bond donors (Lipinski definition) is 1. The molecule has 1 aromatic rings. The summed E-state index contributed by atoms with van der Waals surface area (Å²) < 4.78 is 1.84. The zero-order valence-corrected chi connectivity index (χ0v) is 12.0. The highest BCUT2D eigenvalue weighted by Gasteiger charge is 2.42. The number of carboxylic acids is 1. The molecule has 1 unspecified atom stereocenters. The van der Waals surface area contributed by atoms with Crippen LogP contribution in [0.1, 0.15) is 24.5 Å². The molecule has 1 fully saturated rings. The fourth-order valence-electron chi connectivity index (χ4n) is 3.33. The molecule has 0 bridgehead atoms. The second-order valence-electron chi connectivity index (χ2n) is 5.84. The van der Waals surface area contributed by atoms with E-state index in [1.165, 1.54) is 0 Å². The van der Waals surface area contributed by atoms with Crippen molar-refractivity contribution in [3.8, 4) is 0 Å². The molecular weight excluding hydrogens is 270 g/mol. The first-order chi connectivity index (χ1) is 10.1. The fraction of sp³-hybridized carbons (Fsp3) is 0.533. The van der Waals surface area contributed by atoms with Crippen molar-refractivity contribution in [3.05, 3.63) is 30.4 Å². The number of carbonyl (C=O) groups excluding carboxylic acids is 1. The molecule has 0 radical (unpaired) electrons. The van der Waals surface area contributed by atoms with E-state index in [9.17, 15) is 14.7 Å². The van der Waals surface area contributed by atoms with Gasteiger partial charge in [-0.2, -0.15) is 0 Å². The Morgan fingerprint density at radius 2 is 2.19 bits per heavy atom. The predicted octanol–water partition coefficient (Wildman–Crippen LogP) is 1.01. The van der Waals surface area contributed by atoms with Gasteiger partial charge in [0.1, 0.15) is 0 Å². The van der Waals surface area contributed by atoms with Gasteiger partial charge in [-0.05, 0) is 12.8 Å². The van der Waals surface area contributed by atoms with Gasteiger partial charge >= 0.3 is 5.97 Å². The lowest BCUT2D eigenvalue weighted by molar-refractivity contribution is -0.142. The van der Waals surface area contributed by atoms with Crippen LogP contribution in [0.4, 0.5) is 0 Å². The minimum atomic E-state index is -0.849. The molecule has 1 aromatic heterocycles. The molecule has 1 amide bonds. The first-order valence-corrected chi connectivity index (χ1v) is 7.22. The van der Waals surface area contributed by atoms with Crippen molar-refractivity contribution < 1.29 is 14.7 Å². The summed E-state index contributed by atoms with van der Waals surface area (Å²) in [5.74, 6) is -1.62. The van der Waals surface area contributed by atoms with Gasteiger partial charge in [-0.25, -0.2) is 4.98 Å². The topological polar surface area (TPSA) is 75.4 Å². The summed E-state index contributed by atoms with van der Waals surface area (Å²) in [6.45, 7) is 0.744. The molecule has 1 saturated heterocycles. The summed E-state index contributed by atoms with van der Waals surface area (Å²) in [5, 5.41) is 9.46. The first kappa shape index (κ1) is 13.9. The largest absolute Gasteiger partial charge is 0.481 e. The van der Waals surface area contributed by atoms with Gasteiger partial charge in [0.25, 0.3) is 0 Å². The molecule has 3 rings (SSSR count). The van der Waals surface area contributed by atoms with Gasteiger partial charge in [-0.15, -0.1) is 0 Å². The Kier molecular flexibility index (Phi) is 3.53. The number of aromatic nitrogens is 2. The quantitative estimate of drug-likeness (QED) is 0.843. The van der Waals surface area contributed by atoms with Crippen molar-refractivity contribution in [2.45, 2.75) is 18.8 Å². The third-order valence-electron chi connectivity index (χ3n) is 4.51. The molecule has 2 aliphatic rings. The summed E-state index contributed by atoms with van der Waals surface area (Å²) in [7, 11) is 1.85. The van der Waals surface area contributed by atoms with Crippen molar-refractivity contribution in [2.75, 3.05) is 13.1 Å². The lowest BCUT2D eigenvalue weighted by Crippen LogP contribution is -2.33. The van der Waals surface area contributed by atoms with Gasteiger partial charge in [-0.3, -0.25) is 9.59 Å². The molecule has 112 valence electrons. The van der Waals surface area contributed by atoms with Crippen LogP contribution in [-0.2, 0) is 16.6 Å². The SMILES string of the molecule is Cn1cncc1[C@@H]1CN(C(=O)C2C=CCC2)C[C@H]1C(=O)O. The number of imidazole rings is 1. The average Bonchev–Trinajstić information content (AvgIpc) is 3.17. The van der Waals surface area contributed by atoms with Crippen LogP contribution >= 0.6 is 0 Å². The number of likely N-dealkylation sites (tertiary alicyclic amines) is 1. The van der Waals surface area contributed by atoms with E-state index in [-0.39, 0.29) is 24.3 Å². The number of allylic oxidation sites excluding steroid dienone is 1. The van der Waals surface area contributed by atoms with Gasteiger partial charge in [-0.1, -0.05) is 12.2 Å². The van der Waals surface area contributed by atoms with Crippen molar-refractivity contribution in [1.82, 2.24) is 14.5 Å². The lowest BCUT2D eigenvalue weighted by atomic mass is 9.93. The standard InChI is InChI=1S/C15H19N3O3/c1-17-9-16-6-13(17)11-7-18(8-12(11)15(20)21)14(19)10-4-2-3-5-10/h2,4,6,9-12H,3,5,7-8H2,1H3,(H,20,21)/t10?,11-,12-/m1/s1. The molecule has 21 heavy (non-hydrogen) atoms. The van der Waals surface area contributed by atoms with Crippen LogP contribution in [0.25, 0.3) is 0 Å². The van der Waals surface area contributed by atoms with E-state index in [2.05, 4.69) is 4.98 Å². The number of carbonyl (C=O) groups is 2. The van der Waals surface area contributed by atoms with Crippen molar-refractivity contribution in [2.24, 2.45) is 18.9 Å². The van der Waals surface area contributed by atoms with Crippen molar-refractivity contribution in [3.63, 3.8) is 0 Å². The zero-order chi connectivity index (χ0) is 15.0. The van der Waals surface area contributed by atoms with Crippen LogP contribution in [0.5, 0.6) is 0 Å². The number of rotatable bonds is 3. The van der Waals surface area contributed by atoms with Crippen molar-refractivity contribution in [1.29, 1.82) is 0 Å². The third-order valence-corrected chi connectivity index (χ3v) is 4.51. The van der Waals surface area contributed by atoms with Gasteiger partial charge in [0, 0.05) is 37.9 Å². The van der Waals surface area contributed by atoms with Gasteiger partial charge in [0.05, 0.1) is 18.2 Å². The van der Waals surface area contributed by atoms with E-state index in [0.717, 1.165) is 18.5 Å². The van der Waals surface area contributed by atoms with Crippen LogP contribution in [-0.4, -0.2) is 44.5 Å². The molecule has 1 N–H and O–H groups in total. The number of aryl methyl sites for hydroxylation is 1. The molecule has 1 aliphatic carbocycles. The highest BCUT2D eigenvalue weighted by molar-refractivity contribution is 5.83. The van der Waals surface area contributed by atoms with E-state index in [1.54, 1.807) is 17.4 Å². The highest BCUT2D eigenvalue weighted by Crippen LogP contribution is 2.34. The van der Waals surface area contributed by atoms with E-state index in [0.29, 0.717) is 6.54 Å². The average molecular weight is 289 g/mol. The zero-order valence-electron chi connectivity index (χ0n) is 12.0. The fourth-order valence-corrected chi connectivity index (χ4v) is 3.33. The van der Waals surface area contributed by atoms with Crippen LogP contribution in [0.15, 0.2) is 24.7 Å². The Morgan fingerprint density at radius 1 is 1.38 bits per heavy atom. The van der Waals surface area contributed by atoms with E-state index in [1.807, 2.05) is 23.8 Å². The second-order valence-corrected chi connectivity index (χ2v) is 5.84. The van der Waals surface area contributed by atoms with Crippen LogP contribution < -0.4 is 0 Å². The maximum absolute atomic E-state index is 12.5. The van der Waals surface area contributed by atoms with Crippen LogP contribution in [0, 0.1) is 11.8 Å². The molecule has 0 saturated carbocycles. The number of hydrogen-bond acceptors (Lipinski definition) is 3. The molecule has 2 heterocycles. The van der Waals surface area contributed by atoms with Crippen LogP contribution in [0.3, 0.4) is 0 Å². The molecular formula is C15H19N3O3. The summed E-state index contributed by atoms with van der Waals surface area (Å²) in [6.07, 6.45) is 9.09. The first-order valence-electron chi connectivity index (χ1n) is 7.22. The number of aliphatic carboxylic acids is 1. The Morgan fingerprint density at radius 3 is 2.76 bits per heavy atom.